The molecule has 6 fully saturated rings. The van der Waals surface area contributed by atoms with Gasteiger partial charge in [0.15, 0.2) is 0 Å². The van der Waals surface area contributed by atoms with Gasteiger partial charge in [-0.25, -0.2) is 0 Å². The number of hydrogen-bond donors (Lipinski definition) is 0. The molecule has 22 heavy (non-hydrogen) atoms. The molecule has 2 aliphatic heterocycles. The van der Waals surface area contributed by atoms with Crippen molar-refractivity contribution >= 4 is 0 Å². The molecular formula is C20H32O2. The van der Waals surface area contributed by atoms with E-state index in [4.69, 9.17) is 9.47 Å². The molecule has 4 bridgehead atoms. The van der Waals surface area contributed by atoms with Gasteiger partial charge in [0.05, 0.1) is 23.4 Å². The summed E-state index contributed by atoms with van der Waals surface area (Å²) in [5, 5.41) is 0. The topological polar surface area (TPSA) is 18.5 Å². The van der Waals surface area contributed by atoms with Crippen LogP contribution in [0.15, 0.2) is 0 Å². The Hall–Kier alpha value is -0.0800. The molecule has 6 rings (SSSR count). The van der Waals surface area contributed by atoms with Crippen molar-refractivity contribution in [1.82, 2.24) is 0 Å². The molecule has 0 radical (unpaired) electrons. The molecule has 0 aromatic heterocycles. The highest BCUT2D eigenvalue weighted by atomic mass is 16.6. The zero-order chi connectivity index (χ0) is 15.0. The fourth-order valence-corrected chi connectivity index (χ4v) is 7.39. The number of ether oxygens (including phenoxy) is 2. The van der Waals surface area contributed by atoms with Crippen LogP contribution in [0.1, 0.15) is 78.1 Å². The molecule has 2 heteroatoms. The Morgan fingerprint density at radius 2 is 1.50 bits per heavy atom. The van der Waals surface area contributed by atoms with Crippen LogP contribution in [0.2, 0.25) is 0 Å². The minimum atomic E-state index is 0.0708. The van der Waals surface area contributed by atoms with Gasteiger partial charge in [-0.1, -0.05) is 13.8 Å². The first-order chi connectivity index (χ1) is 10.6. The van der Waals surface area contributed by atoms with Crippen molar-refractivity contribution in [3.8, 4) is 0 Å². The Kier molecular flexibility index (Phi) is 2.92. The second-order valence-electron chi connectivity index (χ2n) is 9.40. The molecule has 0 N–H and O–H groups in total. The van der Waals surface area contributed by atoms with E-state index in [0.29, 0.717) is 0 Å². The SMILES string of the molecule is CCC1(CC)CC2(CCC3(O2)C2CC4CC(C2)CC3C4)CO1. The first-order valence-electron chi connectivity index (χ1n) is 9.95. The van der Waals surface area contributed by atoms with E-state index in [2.05, 4.69) is 13.8 Å². The van der Waals surface area contributed by atoms with Gasteiger partial charge in [-0.2, -0.15) is 0 Å². The molecule has 6 aliphatic rings. The molecular weight excluding hydrogens is 272 g/mol. The summed E-state index contributed by atoms with van der Waals surface area (Å²) in [5.41, 5.74) is 0.438. The zero-order valence-electron chi connectivity index (χ0n) is 14.4. The van der Waals surface area contributed by atoms with Gasteiger partial charge in [0.25, 0.3) is 0 Å². The third kappa shape index (κ3) is 1.75. The van der Waals surface area contributed by atoms with Gasteiger partial charge in [0.1, 0.15) is 0 Å². The normalized spacial score (nSPS) is 54.8. The van der Waals surface area contributed by atoms with Crippen LogP contribution in [0.25, 0.3) is 0 Å². The first-order valence-corrected chi connectivity index (χ1v) is 9.95. The van der Waals surface area contributed by atoms with Crippen LogP contribution in [0.3, 0.4) is 0 Å². The molecule has 0 aromatic carbocycles. The van der Waals surface area contributed by atoms with Crippen molar-refractivity contribution in [1.29, 1.82) is 0 Å². The van der Waals surface area contributed by atoms with Gasteiger partial charge in [0, 0.05) is 6.42 Å². The van der Waals surface area contributed by atoms with E-state index in [1.807, 2.05) is 0 Å². The van der Waals surface area contributed by atoms with Crippen molar-refractivity contribution in [3.05, 3.63) is 0 Å². The van der Waals surface area contributed by atoms with Crippen LogP contribution in [0, 0.1) is 23.7 Å². The van der Waals surface area contributed by atoms with E-state index in [1.54, 1.807) is 0 Å². The maximum Gasteiger partial charge on any atom is 0.0951 e. The summed E-state index contributed by atoms with van der Waals surface area (Å²) in [5.74, 6) is 3.83. The van der Waals surface area contributed by atoms with E-state index in [-0.39, 0.29) is 16.8 Å². The standard InChI is InChI=1S/C20H32O2/c1-3-18(4-2)12-19(13-21-18)5-6-20(22-19)16-8-14-7-15(10-16)11-17(20)9-14/h14-17H,3-13H2,1-2H3. The molecule has 2 nitrogen and oxygen atoms in total. The molecule has 1 unspecified atom stereocenters. The second-order valence-corrected chi connectivity index (χ2v) is 9.40. The van der Waals surface area contributed by atoms with Crippen molar-refractivity contribution in [2.24, 2.45) is 23.7 Å². The molecule has 4 saturated carbocycles. The van der Waals surface area contributed by atoms with E-state index >= 15 is 0 Å². The van der Waals surface area contributed by atoms with Gasteiger partial charge < -0.3 is 9.47 Å². The molecule has 2 saturated heterocycles. The minimum absolute atomic E-state index is 0.0708. The Balaban J connectivity index is 1.41. The van der Waals surface area contributed by atoms with Crippen molar-refractivity contribution in [2.75, 3.05) is 6.61 Å². The van der Waals surface area contributed by atoms with Gasteiger partial charge in [-0.15, -0.1) is 0 Å². The summed E-state index contributed by atoms with van der Waals surface area (Å²) in [6, 6.07) is 0. The van der Waals surface area contributed by atoms with Crippen LogP contribution in [0.5, 0.6) is 0 Å². The average Bonchev–Trinajstić information content (AvgIpc) is 3.08. The lowest BCUT2D eigenvalue weighted by Crippen LogP contribution is -2.58. The minimum Gasteiger partial charge on any atom is -0.372 e. The number of rotatable bonds is 2. The van der Waals surface area contributed by atoms with Crippen molar-refractivity contribution in [2.45, 2.75) is 94.9 Å². The summed E-state index contributed by atoms with van der Waals surface area (Å²) < 4.78 is 13.4. The summed E-state index contributed by atoms with van der Waals surface area (Å²) in [6.07, 6.45) is 13.4. The highest BCUT2D eigenvalue weighted by Crippen LogP contribution is 2.65. The zero-order valence-corrected chi connectivity index (χ0v) is 14.4. The molecule has 2 spiro atoms. The Bertz CT molecular complexity index is 438. The molecule has 4 aliphatic carbocycles. The predicted octanol–water partition coefficient (Wildman–Crippen LogP) is 4.71. The molecule has 1 atom stereocenters. The van der Waals surface area contributed by atoms with E-state index in [0.717, 1.165) is 49.5 Å². The Labute approximate surface area is 135 Å². The summed E-state index contributed by atoms with van der Waals surface area (Å²) >= 11 is 0. The summed E-state index contributed by atoms with van der Waals surface area (Å²) in [6.45, 7) is 5.44. The van der Waals surface area contributed by atoms with Crippen molar-refractivity contribution < 1.29 is 9.47 Å². The van der Waals surface area contributed by atoms with Crippen LogP contribution in [0.4, 0.5) is 0 Å². The fraction of sp³-hybridized carbons (Fsp3) is 1.00. The van der Waals surface area contributed by atoms with Crippen LogP contribution < -0.4 is 0 Å². The molecule has 124 valence electrons. The lowest BCUT2D eigenvalue weighted by atomic mass is 9.49. The first kappa shape index (κ1) is 14.3. The van der Waals surface area contributed by atoms with Gasteiger partial charge >= 0.3 is 0 Å². The van der Waals surface area contributed by atoms with E-state index < -0.39 is 0 Å². The van der Waals surface area contributed by atoms with Crippen LogP contribution in [-0.2, 0) is 9.47 Å². The monoisotopic (exact) mass is 304 g/mol. The maximum atomic E-state index is 7.11. The third-order valence-electron chi connectivity index (χ3n) is 8.47. The predicted molar refractivity (Wildman–Crippen MR) is 86.7 cm³/mol. The van der Waals surface area contributed by atoms with Crippen LogP contribution >= 0.6 is 0 Å². The highest BCUT2D eigenvalue weighted by Gasteiger charge is 2.65. The maximum absolute atomic E-state index is 7.11. The van der Waals surface area contributed by atoms with Gasteiger partial charge in [-0.05, 0) is 81.5 Å². The smallest absolute Gasteiger partial charge is 0.0951 e. The lowest BCUT2D eigenvalue weighted by Gasteiger charge is -2.60. The lowest BCUT2D eigenvalue weighted by molar-refractivity contribution is -0.219. The van der Waals surface area contributed by atoms with Gasteiger partial charge in [0.2, 0.25) is 0 Å². The molecule has 2 heterocycles. The third-order valence-corrected chi connectivity index (χ3v) is 8.47. The Morgan fingerprint density at radius 1 is 0.864 bits per heavy atom. The molecule has 0 aromatic rings. The van der Waals surface area contributed by atoms with E-state index in [9.17, 15) is 0 Å². The summed E-state index contributed by atoms with van der Waals surface area (Å²) in [4.78, 5) is 0. The van der Waals surface area contributed by atoms with Gasteiger partial charge in [-0.3, -0.25) is 0 Å². The molecule has 0 amide bonds. The largest absolute Gasteiger partial charge is 0.372 e. The summed E-state index contributed by atoms with van der Waals surface area (Å²) in [7, 11) is 0. The van der Waals surface area contributed by atoms with E-state index in [1.165, 1.54) is 44.9 Å². The Morgan fingerprint density at radius 3 is 2.05 bits per heavy atom. The fourth-order valence-electron chi connectivity index (χ4n) is 7.39. The second kappa shape index (κ2) is 4.51. The quantitative estimate of drug-likeness (QED) is 0.735. The number of hydrogen-bond acceptors (Lipinski definition) is 2. The average molecular weight is 304 g/mol. The van der Waals surface area contributed by atoms with Crippen LogP contribution in [-0.4, -0.2) is 23.4 Å². The van der Waals surface area contributed by atoms with Crippen molar-refractivity contribution in [3.63, 3.8) is 0 Å². The highest BCUT2D eigenvalue weighted by molar-refractivity contribution is 5.14.